The van der Waals surface area contributed by atoms with E-state index in [0.717, 1.165) is 49.6 Å². The third-order valence-electron chi connectivity index (χ3n) is 5.04. The van der Waals surface area contributed by atoms with Gasteiger partial charge in [-0.05, 0) is 49.5 Å². The zero-order valence-electron chi connectivity index (χ0n) is 17.7. The SMILES string of the molecule is CCSC1C(C(=O)O)=C(C)C=C(N2CCOC(C)C2)N1CCCC(C)(C)C. The zero-order valence-corrected chi connectivity index (χ0v) is 18.6. The lowest BCUT2D eigenvalue weighted by molar-refractivity contribution is -0.133. The molecule has 0 aliphatic carbocycles. The maximum Gasteiger partial charge on any atom is 0.334 e. The minimum absolute atomic E-state index is 0.134. The summed E-state index contributed by atoms with van der Waals surface area (Å²) in [5.74, 6) is 1.24. The molecule has 2 rings (SSSR count). The van der Waals surface area contributed by atoms with Crippen LogP contribution >= 0.6 is 11.8 Å². The number of carboxylic acids is 1. The Labute approximate surface area is 168 Å². The molecule has 5 nitrogen and oxygen atoms in total. The van der Waals surface area contributed by atoms with Crippen LogP contribution in [0.1, 0.15) is 54.4 Å². The summed E-state index contributed by atoms with van der Waals surface area (Å²) in [5, 5.41) is 9.72. The quantitative estimate of drug-likeness (QED) is 0.697. The van der Waals surface area contributed by atoms with Gasteiger partial charge in [0, 0.05) is 19.6 Å². The molecule has 0 bridgehead atoms. The molecule has 0 aromatic rings. The Bertz CT molecular complexity index is 595. The summed E-state index contributed by atoms with van der Waals surface area (Å²) in [6.45, 7) is 16.2. The largest absolute Gasteiger partial charge is 0.478 e. The fourth-order valence-corrected chi connectivity index (χ4v) is 4.90. The van der Waals surface area contributed by atoms with Crippen LogP contribution in [-0.2, 0) is 9.53 Å². The zero-order chi connectivity index (χ0) is 20.2. The number of hydrogen-bond donors (Lipinski definition) is 1. The average molecular weight is 397 g/mol. The lowest BCUT2D eigenvalue weighted by atomic mass is 9.90. The van der Waals surface area contributed by atoms with E-state index in [1.165, 1.54) is 0 Å². The molecule has 154 valence electrons. The lowest BCUT2D eigenvalue weighted by Crippen LogP contribution is -2.50. The molecule has 1 saturated heterocycles. The number of hydrogen-bond acceptors (Lipinski definition) is 5. The van der Waals surface area contributed by atoms with Crippen LogP contribution in [-0.4, -0.2) is 64.3 Å². The molecule has 2 aliphatic heterocycles. The molecule has 27 heavy (non-hydrogen) atoms. The molecule has 0 spiro atoms. The molecular weight excluding hydrogens is 360 g/mol. The highest BCUT2D eigenvalue weighted by Gasteiger charge is 2.36. The van der Waals surface area contributed by atoms with Crippen molar-refractivity contribution in [2.24, 2.45) is 5.41 Å². The van der Waals surface area contributed by atoms with Gasteiger partial charge >= 0.3 is 5.97 Å². The van der Waals surface area contributed by atoms with Gasteiger partial charge in [0.05, 0.1) is 18.3 Å². The highest BCUT2D eigenvalue weighted by molar-refractivity contribution is 8.00. The van der Waals surface area contributed by atoms with Crippen molar-refractivity contribution in [3.05, 3.63) is 23.0 Å². The van der Waals surface area contributed by atoms with Gasteiger partial charge < -0.3 is 19.6 Å². The van der Waals surface area contributed by atoms with E-state index >= 15 is 0 Å². The Morgan fingerprint density at radius 3 is 2.67 bits per heavy atom. The smallest absolute Gasteiger partial charge is 0.334 e. The van der Waals surface area contributed by atoms with Crippen LogP contribution in [0.25, 0.3) is 0 Å². The van der Waals surface area contributed by atoms with E-state index in [0.29, 0.717) is 12.2 Å². The van der Waals surface area contributed by atoms with Crippen LogP contribution in [0.4, 0.5) is 0 Å². The summed E-state index contributed by atoms with van der Waals surface area (Å²) >= 11 is 1.72. The second-order valence-electron chi connectivity index (χ2n) is 8.70. The Morgan fingerprint density at radius 1 is 1.41 bits per heavy atom. The van der Waals surface area contributed by atoms with Crippen molar-refractivity contribution in [1.29, 1.82) is 0 Å². The molecule has 0 amide bonds. The standard InChI is InChI=1S/C21H36N2O3S/c1-7-27-19-18(20(24)25)15(2)13-17(22-11-12-26-16(3)14-22)23(19)10-8-9-21(4,5)6/h13,16,19H,7-12,14H2,1-6H3,(H,24,25). The summed E-state index contributed by atoms with van der Waals surface area (Å²) in [5.41, 5.74) is 1.68. The van der Waals surface area contributed by atoms with Gasteiger partial charge in [0.1, 0.15) is 11.2 Å². The van der Waals surface area contributed by atoms with E-state index in [2.05, 4.69) is 50.5 Å². The summed E-state index contributed by atoms with van der Waals surface area (Å²) in [6.07, 6.45) is 4.43. The molecule has 1 fully saturated rings. The van der Waals surface area contributed by atoms with Gasteiger partial charge in [-0.25, -0.2) is 4.79 Å². The number of carboxylic acid groups (broad SMARTS) is 1. The molecule has 0 aromatic heterocycles. The van der Waals surface area contributed by atoms with Crippen LogP contribution in [0.2, 0.25) is 0 Å². The van der Waals surface area contributed by atoms with Crippen molar-refractivity contribution in [3.8, 4) is 0 Å². The highest BCUT2D eigenvalue weighted by atomic mass is 32.2. The number of rotatable bonds is 7. The summed E-state index contributed by atoms with van der Waals surface area (Å²) in [4.78, 5) is 16.7. The summed E-state index contributed by atoms with van der Waals surface area (Å²) in [6, 6.07) is 0. The molecule has 2 aliphatic rings. The number of nitrogens with zero attached hydrogens (tertiary/aromatic N) is 2. The highest BCUT2D eigenvalue weighted by Crippen LogP contribution is 2.36. The Morgan fingerprint density at radius 2 is 2.11 bits per heavy atom. The third-order valence-corrected chi connectivity index (χ3v) is 6.18. The number of allylic oxidation sites excluding steroid dienone is 2. The first kappa shape index (κ1) is 22.2. The predicted molar refractivity (Wildman–Crippen MR) is 113 cm³/mol. The molecule has 2 atom stereocenters. The molecule has 1 N–H and O–H groups in total. The minimum Gasteiger partial charge on any atom is -0.478 e. The predicted octanol–water partition coefficient (Wildman–Crippen LogP) is 4.17. The topological polar surface area (TPSA) is 53.0 Å². The molecule has 6 heteroatoms. The van der Waals surface area contributed by atoms with Gasteiger partial charge in [0.15, 0.2) is 0 Å². The van der Waals surface area contributed by atoms with Gasteiger partial charge in [0.25, 0.3) is 0 Å². The third kappa shape index (κ3) is 5.92. The first-order valence-corrected chi connectivity index (χ1v) is 11.1. The maximum atomic E-state index is 12.0. The van der Waals surface area contributed by atoms with Crippen molar-refractivity contribution in [2.75, 3.05) is 32.0 Å². The lowest BCUT2D eigenvalue weighted by Gasteiger charge is -2.45. The first-order valence-electron chi connectivity index (χ1n) is 10.0. The molecule has 2 heterocycles. The number of aliphatic carboxylic acids is 1. The number of thioether (sulfide) groups is 1. The number of ether oxygens (including phenoxy) is 1. The first-order chi connectivity index (χ1) is 12.6. The second-order valence-corrected chi connectivity index (χ2v) is 10.1. The van der Waals surface area contributed by atoms with Crippen LogP contribution in [0.15, 0.2) is 23.0 Å². The van der Waals surface area contributed by atoms with Gasteiger partial charge in [-0.3, -0.25) is 0 Å². The molecule has 2 unspecified atom stereocenters. The number of carbonyl (C=O) groups is 1. The van der Waals surface area contributed by atoms with Crippen LogP contribution in [0.5, 0.6) is 0 Å². The van der Waals surface area contributed by atoms with Gasteiger partial charge in [0.2, 0.25) is 0 Å². The average Bonchev–Trinajstić information content (AvgIpc) is 2.55. The van der Waals surface area contributed by atoms with Crippen LogP contribution in [0.3, 0.4) is 0 Å². The maximum absolute atomic E-state index is 12.0. The monoisotopic (exact) mass is 396 g/mol. The van der Waals surface area contributed by atoms with Crippen molar-refractivity contribution in [3.63, 3.8) is 0 Å². The molecule has 0 aromatic carbocycles. The van der Waals surface area contributed by atoms with Crippen molar-refractivity contribution < 1.29 is 14.6 Å². The van der Waals surface area contributed by atoms with Crippen LogP contribution < -0.4 is 0 Å². The Hall–Kier alpha value is -1.14. The summed E-state index contributed by atoms with van der Waals surface area (Å²) in [7, 11) is 0. The number of morpholine rings is 1. The van der Waals surface area contributed by atoms with E-state index in [1.54, 1.807) is 11.8 Å². The Kier molecular flexibility index (Phi) is 7.69. The van der Waals surface area contributed by atoms with Gasteiger partial charge in [-0.15, -0.1) is 11.8 Å². The normalized spacial score (nSPS) is 24.3. The summed E-state index contributed by atoms with van der Waals surface area (Å²) < 4.78 is 5.72. The molecule has 0 saturated carbocycles. The van der Waals surface area contributed by atoms with Crippen LogP contribution in [0, 0.1) is 5.41 Å². The van der Waals surface area contributed by atoms with Crippen molar-refractivity contribution in [1.82, 2.24) is 9.80 Å². The fraction of sp³-hybridized carbons (Fsp3) is 0.762. The van der Waals surface area contributed by atoms with E-state index in [1.807, 2.05) is 6.92 Å². The van der Waals surface area contributed by atoms with Gasteiger partial charge in [-0.2, -0.15) is 0 Å². The van der Waals surface area contributed by atoms with Gasteiger partial charge in [-0.1, -0.05) is 27.7 Å². The van der Waals surface area contributed by atoms with Crippen molar-refractivity contribution in [2.45, 2.75) is 65.9 Å². The van der Waals surface area contributed by atoms with E-state index in [4.69, 9.17) is 4.74 Å². The van der Waals surface area contributed by atoms with E-state index < -0.39 is 5.97 Å². The fourth-order valence-electron chi connectivity index (χ4n) is 3.74. The van der Waals surface area contributed by atoms with E-state index in [-0.39, 0.29) is 16.9 Å². The van der Waals surface area contributed by atoms with Crippen molar-refractivity contribution >= 4 is 17.7 Å². The van der Waals surface area contributed by atoms with E-state index in [9.17, 15) is 9.90 Å². The Balaban J connectivity index is 2.34. The second kappa shape index (κ2) is 9.37. The molecular formula is C21H36N2O3S. The molecule has 0 radical (unpaired) electrons. The minimum atomic E-state index is -0.801.